The first-order valence-corrected chi connectivity index (χ1v) is 6.78. The van der Waals surface area contributed by atoms with Crippen molar-refractivity contribution in [1.29, 1.82) is 0 Å². The number of carboxylic acids is 1. The number of aromatic carboxylic acids is 1. The highest BCUT2D eigenvalue weighted by Crippen LogP contribution is 2.22. The lowest BCUT2D eigenvalue weighted by molar-refractivity contribution is 0.0663. The quantitative estimate of drug-likeness (QED) is 0.906. The van der Waals surface area contributed by atoms with E-state index >= 15 is 0 Å². The molecule has 20 heavy (non-hydrogen) atoms. The normalized spacial score (nSPS) is 18.6. The van der Waals surface area contributed by atoms with Crippen molar-refractivity contribution in [2.75, 3.05) is 27.2 Å². The molecule has 1 heterocycles. The van der Waals surface area contributed by atoms with Gasteiger partial charge in [-0.2, -0.15) is 0 Å². The van der Waals surface area contributed by atoms with Gasteiger partial charge in [0.1, 0.15) is 0 Å². The summed E-state index contributed by atoms with van der Waals surface area (Å²) >= 11 is 0. The van der Waals surface area contributed by atoms with Crippen LogP contribution >= 0.6 is 0 Å². The molecule has 1 N–H and O–H groups in total. The molecule has 1 aromatic rings. The van der Waals surface area contributed by atoms with Crippen LogP contribution in [0.5, 0.6) is 0 Å². The molecule has 1 aromatic carbocycles. The monoisotopic (exact) mass is 276 g/mol. The second-order valence-electron chi connectivity index (χ2n) is 5.41. The third kappa shape index (κ3) is 2.99. The third-order valence-electron chi connectivity index (χ3n) is 3.60. The zero-order valence-electron chi connectivity index (χ0n) is 11.9. The SMILES string of the molecule is CN(C)CC1CCCN1C(=O)c1ccccc1C(=O)O. The van der Waals surface area contributed by atoms with Crippen LogP contribution in [-0.2, 0) is 0 Å². The van der Waals surface area contributed by atoms with E-state index in [0.717, 1.165) is 19.4 Å². The Morgan fingerprint density at radius 1 is 1.30 bits per heavy atom. The van der Waals surface area contributed by atoms with Crippen molar-refractivity contribution in [3.05, 3.63) is 35.4 Å². The van der Waals surface area contributed by atoms with E-state index in [1.165, 1.54) is 6.07 Å². The van der Waals surface area contributed by atoms with Crippen LogP contribution in [-0.4, -0.2) is 60.0 Å². The molecule has 0 bridgehead atoms. The number of carbonyl (C=O) groups is 2. The summed E-state index contributed by atoms with van der Waals surface area (Å²) in [5.74, 6) is -1.23. The van der Waals surface area contributed by atoms with Gasteiger partial charge < -0.3 is 14.9 Å². The maximum atomic E-state index is 12.6. The van der Waals surface area contributed by atoms with Crippen LogP contribution < -0.4 is 0 Å². The van der Waals surface area contributed by atoms with Crippen LogP contribution in [0.1, 0.15) is 33.6 Å². The van der Waals surface area contributed by atoms with E-state index in [0.29, 0.717) is 6.54 Å². The number of nitrogens with zero attached hydrogens (tertiary/aromatic N) is 2. The first-order chi connectivity index (χ1) is 9.50. The average molecular weight is 276 g/mol. The van der Waals surface area contributed by atoms with Gasteiger partial charge in [0.15, 0.2) is 0 Å². The summed E-state index contributed by atoms with van der Waals surface area (Å²) in [6.45, 7) is 1.51. The summed E-state index contributed by atoms with van der Waals surface area (Å²) in [7, 11) is 3.96. The topological polar surface area (TPSA) is 60.9 Å². The Kier molecular flexibility index (Phi) is 4.39. The summed E-state index contributed by atoms with van der Waals surface area (Å²) < 4.78 is 0. The van der Waals surface area contributed by atoms with Crippen molar-refractivity contribution in [2.24, 2.45) is 0 Å². The van der Waals surface area contributed by atoms with Gasteiger partial charge >= 0.3 is 5.97 Å². The fourth-order valence-electron chi connectivity index (χ4n) is 2.73. The van der Waals surface area contributed by atoms with Gasteiger partial charge in [0, 0.05) is 19.1 Å². The molecule has 0 saturated carbocycles. The number of carbonyl (C=O) groups excluding carboxylic acids is 1. The van der Waals surface area contributed by atoms with E-state index < -0.39 is 5.97 Å². The number of carboxylic acid groups (broad SMARTS) is 1. The van der Waals surface area contributed by atoms with Crippen molar-refractivity contribution in [3.8, 4) is 0 Å². The number of hydrogen-bond acceptors (Lipinski definition) is 3. The lowest BCUT2D eigenvalue weighted by Crippen LogP contribution is -2.41. The van der Waals surface area contributed by atoms with E-state index in [4.69, 9.17) is 0 Å². The highest BCUT2D eigenvalue weighted by atomic mass is 16.4. The van der Waals surface area contributed by atoms with Gasteiger partial charge in [0.25, 0.3) is 5.91 Å². The van der Waals surface area contributed by atoms with Gasteiger partial charge in [-0.3, -0.25) is 4.79 Å². The van der Waals surface area contributed by atoms with E-state index in [9.17, 15) is 14.7 Å². The molecule has 0 radical (unpaired) electrons. The van der Waals surface area contributed by atoms with Gasteiger partial charge in [-0.1, -0.05) is 12.1 Å². The smallest absolute Gasteiger partial charge is 0.336 e. The fourth-order valence-corrected chi connectivity index (χ4v) is 2.73. The van der Waals surface area contributed by atoms with Gasteiger partial charge in [0.2, 0.25) is 0 Å². The predicted molar refractivity (Wildman–Crippen MR) is 76.0 cm³/mol. The maximum absolute atomic E-state index is 12.6. The summed E-state index contributed by atoms with van der Waals surface area (Å²) in [5, 5.41) is 9.19. The zero-order valence-corrected chi connectivity index (χ0v) is 11.9. The highest BCUT2D eigenvalue weighted by Gasteiger charge is 2.31. The molecule has 0 aliphatic carbocycles. The van der Waals surface area contributed by atoms with E-state index in [1.807, 2.05) is 19.0 Å². The number of amides is 1. The minimum absolute atomic E-state index is 0.0769. The fraction of sp³-hybridized carbons (Fsp3) is 0.467. The molecule has 0 aromatic heterocycles. The van der Waals surface area contributed by atoms with Gasteiger partial charge in [0.05, 0.1) is 11.1 Å². The lowest BCUT2D eigenvalue weighted by atomic mass is 10.1. The molecular weight excluding hydrogens is 256 g/mol. The second kappa shape index (κ2) is 6.05. The molecule has 5 nitrogen and oxygen atoms in total. The maximum Gasteiger partial charge on any atom is 0.336 e. The molecule has 1 amide bonds. The second-order valence-corrected chi connectivity index (χ2v) is 5.41. The molecule has 1 aliphatic heterocycles. The lowest BCUT2D eigenvalue weighted by Gasteiger charge is -2.27. The van der Waals surface area contributed by atoms with Crippen molar-refractivity contribution in [1.82, 2.24) is 9.80 Å². The minimum Gasteiger partial charge on any atom is -0.478 e. The minimum atomic E-state index is -1.06. The Bertz CT molecular complexity index is 514. The van der Waals surface area contributed by atoms with Gasteiger partial charge in [-0.15, -0.1) is 0 Å². The van der Waals surface area contributed by atoms with Crippen LogP contribution in [0, 0.1) is 0 Å². The Morgan fingerprint density at radius 3 is 2.55 bits per heavy atom. The Hall–Kier alpha value is -1.88. The molecule has 0 spiro atoms. The highest BCUT2D eigenvalue weighted by molar-refractivity contribution is 6.04. The molecule has 1 atom stereocenters. The Morgan fingerprint density at radius 2 is 1.95 bits per heavy atom. The van der Waals surface area contributed by atoms with Crippen LogP contribution in [0.15, 0.2) is 24.3 Å². The van der Waals surface area contributed by atoms with Gasteiger partial charge in [-0.25, -0.2) is 4.79 Å². The predicted octanol–water partition coefficient (Wildman–Crippen LogP) is 1.55. The van der Waals surface area contributed by atoms with Crippen molar-refractivity contribution in [2.45, 2.75) is 18.9 Å². The molecule has 1 fully saturated rings. The summed E-state index contributed by atoms with van der Waals surface area (Å²) in [4.78, 5) is 27.7. The number of rotatable bonds is 4. The first-order valence-electron chi connectivity index (χ1n) is 6.78. The number of benzene rings is 1. The van der Waals surface area contributed by atoms with Crippen molar-refractivity contribution < 1.29 is 14.7 Å². The van der Waals surface area contributed by atoms with Crippen LogP contribution in [0.3, 0.4) is 0 Å². The molecule has 108 valence electrons. The summed E-state index contributed by atoms with van der Waals surface area (Å²) in [6.07, 6.45) is 1.94. The van der Waals surface area contributed by atoms with Crippen LogP contribution in [0.4, 0.5) is 0 Å². The molecule has 1 saturated heterocycles. The molecular formula is C15H20N2O3. The summed E-state index contributed by atoms with van der Waals surface area (Å²) in [6, 6.07) is 6.58. The first kappa shape index (κ1) is 14.5. The standard InChI is InChI=1S/C15H20N2O3/c1-16(2)10-11-6-5-9-17(11)14(18)12-7-3-4-8-13(12)15(19)20/h3-4,7-8,11H,5-6,9-10H2,1-2H3,(H,19,20). The van der Waals surface area contributed by atoms with Crippen molar-refractivity contribution in [3.63, 3.8) is 0 Å². The Labute approximate surface area is 118 Å². The van der Waals surface area contributed by atoms with Crippen LogP contribution in [0.25, 0.3) is 0 Å². The van der Waals surface area contributed by atoms with Crippen LogP contribution in [0.2, 0.25) is 0 Å². The van der Waals surface area contributed by atoms with E-state index in [2.05, 4.69) is 4.90 Å². The number of hydrogen-bond donors (Lipinski definition) is 1. The molecule has 1 unspecified atom stereocenters. The number of likely N-dealkylation sites (tertiary alicyclic amines) is 1. The average Bonchev–Trinajstić information content (AvgIpc) is 2.85. The number of likely N-dealkylation sites (N-methyl/N-ethyl adjacent to an activating group) is 1. The zero-order chi connectivity index (χ0) is 14.7. The largest absolute Gasteiger partial charge is 0.478 e. The molecule has 2 rings (SSSR count). The summed E-state index contributed by atoms with van der Waals surface area (Å²) in [5.41, 5.74) is 0.360. The van der Waals surface area contributed by atoms with Gasteiger partial charge in [-0.05, 0) is 39.1 Å². The van der Waals surface area contributed by atoms with E-state index in [-0.39, 0.29) is 23.1 Å². The molecule has 1 aliphatic rings. The van der Waals surface area contributed by atoms with E-state index in [1.54, 1.807) is 18.2 Å². The molecule has 5 heteroatoms. The Balaban J connectivity index is 2.25. The van der Waals surface area contributed by atoms with Crippen molar-refractivity contribution >= 4 is 11.9 Å². The third-order valence-corrected chi connectivity index (χ3v) is 3.60.